The third-order valence-electron chi connectivity index (χ3n) is 2.81. The van der Waals surface area contributed by atoms with Gasteiger partial charge in [0.15, 0.2) is 0 Å². The van der Waals surface area contributed by atoms with Gasteiger partial charge in [-0.2, -0.15) is 5.26 Å². The van der Waals surface area contributed by atoms with Gasteiger partial charge >= 0.3 is 0 Å². The molecule has 0 atom stereocenters. The van der Waals surface area contributed by atoms with E-state index in [0.717, 1.165) is 16.2 Å². The monoisotopic (exact) mass is 270 g/mol. The second kappa shape index (κ2) is 4.74. The van der Waals surface area contributed by atoms with Crippen molar-refractivity contribution >= 4 is 17.3 Å². The zero-order valence-corrected chi connectivity index (χ0v) is 11.0. The summed E-state index contributed by atoms with van der Waals surface area (Å²) in [5.74, 6) is 0.665. The number of hydrogen-bond acceptors (Lipinski definition) is 5. The normalized spacial score (nSPS) is 10.7. The summed E-state index contributed by atoms with van der Waals surface area (Å²) < 4.78 is 3.58. The third-order valence-corrected chi connectivity index (χ3v) is 3.87. The fourth-order valence-corrected chi connectivity index (χ4v) is 2.72. The van der Waals surface area contributed by atoms with Crippen LogP contribution in [0.1, 0.15) is 11.1 Å². The van der Waals surface area contributed by atoms with E-state index in [1.54, 1.807) is 11.7 Å². The molecule has 0 amide bonds. The van der Waals surface area contributed by atoms with E-state index in [4.69, 9.17) is 0 Å². The first-order chi connectivity index (χ1) is 9.29. The number of aromatic nitrogens is 5. The smallest absolute Gasteiger partial charge is 0.209 e. The number of hydrogen-bond donors (Lipinski definition) is 0. The van der Waals surface area contributed by atoms with Crippen molar-refractivity contribution in [2.24, 2.45) is 7.05 Å². The van der Waals surface area contributed by atoms with Crippen molar-refractivity contribution in [3.8, 4) is 6.07 Å². The Labute approximate surface area is 113 Å². The summed E-state index contributed by atoms with van der Waals surface area (Å²) in [4.78, 5) is 0. The van der Waals surface area contributed by atoms with E-state index in [1.807, 2.05) is 35.0 Å². The van der Waals surface area contributed by atoms with Gasteiger partial charge < -0.3 is 4.40 Å². The van der Waals surface area contributed by atoms with Crippen LogP contribution < -0.4 is 0 Å². The highest BCUT2D eigenvalue weighted by molar-refractivity contribution is 7.98. The van der Waals surface area contributed by atoms with Crippen molar-refractivity contribution in [1.82, 2.24) is 24.6 Å². The van der Waals surface area contributed by atoms with Crippen molar-refractivity contribution in [3.05, 3.63) is 41.7 Å². The average molecular weight is 270 g/mol. The van der Waals surface area contributed by atoms with E-state index in [2.05, 4.69) is 21.6 Å². The molecule has 0 aliphatic rings. The average Bonchev–Trinajstić information content (AvgIpc) is 2.99. The number of aryl methyl sites for hydroxylation is 1. The van der Waals surface area contributed by atoms with Crippen LogP contribution in [0.3, 0.4) is 0 Å². The van der Waals surface area contributed by atoms with Crippen molar-refractivity contribution < 1.29 is 0 Å². The van der Waals surface area contributed by atoms with Crippen molar-refractivity contribution in [2.75, 3.05) is 0 Å². The Morgan fingerprint density at radius 3 is 3.05 bits per heavy atom. The van der Waals surface area contributed by atoms with Gasteiger partial charge in [-0.3, -0.25) is 0 Å². The molecular weight excluding hydrogens is 260 g/mol. The van der Waals surface area contributed by atoms with Gasteiger partial charge in [0.25, 0.3) is 0 Å². The summed E-state index contributed by atoms with van der Waals surface area (Å²) in [5.41, 5.74) is 2.63. The highest BCUT2D eigenvalue weighted by Gasteiger charge is 2.11. The predicted molar refractivity (Wildman–Crippen MR) is 70.5 cm³/mol. The van der Waals surface area contributed by atoms with Gasteiger partial charge in [-0.1, -0.05) is 17.8 Å². The van der Waals surface area contributed by atoms with Gasteiger partial charge in [0.05, 0.1) is 11.1 Å². The largest absolute Gasteiger partial charge is 0.322 e. The van der Waals surface area contributed by atoms with Crippen LogP contribution in [0.5, 0.6) is 0 Å². The van der Waals surface area contributed by atoms with Crippen LogP contribution in [-0.2, 0) is 12.8 Å². The summed E-state index contributed by atoms with van der Waals surface area (Å²) in [5, 5.41) is 21.3. The molecule has 0 spiro atoms. The van der Waals surface area contributed by atoms with E-state index >= 15 is 0 Å². The van der Waals surface area contributed by atoms with Crippen molar-refractivity contribution in [1.29, 1.82) is 5.26 Å². The van der Waals surface area contributed by atoms with Crippen LogP contribution in [-0.4, -0.2) is 24.6 Å². The van der Waals surface area contributed by atoms with Gasteiger partial charge in [0, 0.05) is 25.2 Å². The molecule has 0 aromatic carbocycles. The Kier molecular flexibility index (Phi) is 2.93. The molecule has 0 aliphatic carbocycles. The number of nitrogens with zero attached hydrogens (tertiary/aromatic N) is 6. The molecule has 94 valence electrons. The maximum absolute atomic E-state index is 9.30. The second-order valence-corrected chi connectivity index (χ2v) is 4.95. The second-order valence-electron chi connectivity index (χ2n) is 4.01. The van der Waals surface area contributed by atoms with Crippen LogP contribution in [0, 0.1) is 11.3 Å². The maximum Gasteiger partial charge on any atom is 0.209 e. The molecule has 0 aliphatic heterocycles. The van der Waals surface area contributed by atoms with Crippen molar-refractivity contribution in [2.45, 2.75) is 10.9 Å². The highest BCUT2D eigenvalue weighted by Crippen LogP contribution is 2.25. The zero-order valence-electron chi connectivity index (χ0n) is 10.2. The van der Waals surface area contributed by atoms with E-state index < -0.39 is 0 Å². The first-order valence-electron chi connectivity index (χ1n) is 5.63. The van der Waals surface area contributed by atoms with Crippen LogP contribution in [0.2, 0.25) is 0 Å². The minimum atomic E-state index is 0.665. The molecule has 6 nitrogen and oxygen atoms in total. The molecule has 3 aromatic rings. The lowest BCUT2D eigenvalue weighted by atomic mass is 10.2. The number of thioether (sulfide) groups is 1. The summed E-state index contributed by atoms with van der Waals surface area (Å²) in [7, 11) is 1.80. The van der Waals surface area contributed by atoms with Crippen LogP contribution in [0.4, 0.5) is 0 Å². The Hall–Kier alpha value is -2.33. The fourth-order valence-electron chi connectivity index (χ4n) is 1.90. The molecule has 0 saturated heterocycles. The number of fused-ring (bicyclic) bond motifs is 1. The summed E-state index contributed by atoms with van der Waals surface area (Å²) >= 11 is 1.51. The molecule has 0 unspecified atom stereocenters. The molecule has 0 bridgehead atoms. The van der Waals surface area contributed by atoms with Gasteiger partial charge in [-0.15, -0.1) is 5.10 Å². The molecule has 3 rings (SSSR count). The zero-order chi connectivity index (χ0) is 13.2. The lowest BCUT2D eigenvalue weighted by Crippen LogP contribution is -1.93. The molecule has 3 aromatic heterocycles. The molecule has 0 radical (unpaired) electrons. The standard InChI is InChI=1S/C12H10N6S/c1-17-12(14-15-16-17)19-8-9-7-18-5-3-2-4-11(18)10(9)6-13/h2-5,7H,8H2,1H3. The molecule has 19 heavy (non-hydrogen) atoms. The highest BCUT2D eigenvalue weighted by atomic mass is 32.2. The Bertz CT molecular complexity index is 766. The van der Waals surface area contributed by atoms with E-state index in [9.17, 15) is 5.26 Å². The van der Waals surface area contributed by atoms with Crippen LogP contribution >= 0.6 is 11.8 Å². The number of rotatable bonds is 3. The Morgan fingerprint density at radius 2 is 2.32 bits per heavy atom. The summed E-state index contributed by atoms with van der Waals surface area (Å²) in [6.07, 6.45) is 3.92. The van der Waals surface area contributed by atoms with Gasteiger partial charge in [-0.25, -0.2) is 4.68 Å². The predicted octanol–water partition coefficient (Wildman–Crippen LogP) is 1.63. The fraction of sp³-hybridized carbons (Fsp3) is 0.167. The third kappa shape index (κ3) is 2.06. The van der Waals surface area contributed by atoms with Gasteiger partial charge in [0.2, 0.25) is 5.16 Å². The van der Waals surface area contributed by atoms with E-state index in [1.165, 1.54) is 11.8 Å². The first-order valence-corrected chi connectivity index (χ1v) is 6.62. The summed E-state index contributed by atoms with van der Waals surface area (Å²) in [6, 6.07) is 8.08. The topological polar surface area (TPSA) is 71.8 Å². The van der Waals surface area contributed by atoms with Crippen LogP contribution in [0.25, 0.3) is 5.52 Å². The number of tetrazole rings is 1. The maximum atomic E-state index is 9.30. The lowest BCUT2D eigenvalue weighted by molar-refractivity contribution is 0.664. The minimum Gasteiger partial charge on any atom is -0.322 e. The van der Waals surface area contributed by atoms with Crippen molar-refractivity contribution in [3.63, 3.8) is 0 Å². The minimum absolute atomic E-state index is 0.665. The quantitative estimate of drug-likeness (QED) is 0.676. The molecule has 0 N–H and O–H groups in total. The SMILES string of the molecule is Cn1nnnc1SCc1cn2ccccc2c1C#N. The summed E-state index contributed by atoms with van der Waals surface area (Å²) in [6.45, 7) is 0. The van der Waals surface area contributed by atoms with Gasteiger partial charge in [-0.05, 0) is 28.1 Å². The molecule has 0 fully saturated rings. The Balaban J connectivity index is 1.93. The van der Waals surface area contributed by atoms with Gasteiger partial charge in [0.1, 0.15) is 6.07 Å². The molecule has 3 heterocycles. The molecule has 7 heteroatoms. The lowest BCUT2D eigenvalue weighted by Gasteiger charge is -1.97. The Morgan fingerprint density at radius 1 is 1.42 bits per heavy atom. The molecule has 0 saturated carbocycles. The van der Waals surface area contributed by atoms with E-state index in [0.29, 0.717) is 11.3 Å². The first kappa shape index (κ1) is 11.7. The number of pyridine rings is 1. The molecular formula is C12H10N6S. The number of nitriles is 1. The van der Waals surface area contributed by atoms with Crippen LogP contribution in [0.15, 0.2) is 35.7 Å². The van der Waals surface area contributed by atoms with E-state index in [-0.39, 0.29) is 0 Å².